The van der Waals surface area contributed by atoms with E-state index in [1.807, 2.05) is 25.1 Å². The Kier molecular flexibility index (Phi) is 5.98. The van der Waals surface area contributed by atoms with Gasteiger partial charge in [0.25, 0.3) is 11.7 Å². The van der Waals surface area contributed by atoms with Crippen molar-refractivity contribution >= 4 is 17.4 Å². The Morgan fingerprint density at radius 1 is 1.17 bits per heavy atom. The van der Waals surface area contributed by atoms with E-state index in [0.29, 0.717) is 18.7 Å². The monoisotopic (exact) mass is 398 g/mol. The summed E-state index contributed by atoms with van der Waals surface area (Å²) in [4.78, 5) is 29.0. The smallest absolute Gasteiger partial charge is 0.295 e. The summed E-state index contributed by atoms with van der Waals surface area (Å²) in [6.45, 7) is 0.841. The largest absolute Gasteiger partial charge is 0.507 e. The van der Waals surface area contributed by atoms with Gasteiger partial charge < -0.3 is 19.6 Å². The number of aliphatic hydroxyl groups is 1. The summed E-state index contributed by atoms with van der Waals surface area (Å²) in [5.74, 6) is -2.35. The Labute approximate surface area is 168 Å². The molecule has 0 radical (unpaired) electrons. The molecule has 1 amide bonds. The minimum Gasteiger partial charge on any atom is -0.507 e. The third kappa shape index (κ3) is 4.00. The van der Waals surface area contributed by atoms with Gasteiger partial charge in [-0.15, -0.1) is 0 Å². The average molecular weight is 398 g/mol. The first-order chi connectivity index (χ1) is 13.8. The van der Waals surface area contributed by atoms with Crippen molar-refractivity contribution in [1.29, 1.82) is 0 Å². The minimum absolute atomic E-state index is 0.0269. The van der Waals surface area contributed by atoms with Crippen molar-refractivity contribution in [3.8, 4) is 5.75 Å². The Bertz CT molecular complexity index is 957. The number of hydrogen-bond acceptors (Lipinski definition) is 5. The number of rotatable bonds is 6. The summed E-state index contributed by atoms with van der Waals surface area (Å²) >= 11 is 0. The maximum atomic E-state index is 13.9. The number of nitrogens with zero attached hydrogens (tertiary/aromatic N) is 2. The van der Waals surface area contributed by atoms with Crippen LogP contribution < -0.4 is 4.74 Å². The summed E-state index contributed by atoms with van der Waals surface area (Å²) in [6, 6.07) is 11.9. The van der Waals surface area contributed by atoms with Crippen molar-refractivity contribution in [1.82, 2.24) is 9.80 Å². The van der Waals surface area contributed by atoms with Gasteiger partial charge in [-0.25, -0.2) is 4.39 Å². The lowest BCUT2D eigenvalue weighted by Gasteiger charge is -2.26. The fourth-order valence-electron chi connectivity index (χ4n) is 3.41. The highest BCUT2D eigenvalue weighted by Gasteiger charge is 2.46. The van der Waals surface area contributed by atoms with E-state index >= 15 is 0 Å². The van der Waals surface area contributed by atoms with Gasteiger partial charge >= 0.3 is 0 Å². The number of likely N-dealkylation sites (tertiary alicyclic amines) is 1. The molecule has 7 heteroatoms. The molecule has 1 N–H and O–H groups in total. The number of ketones is 1. The number of benzene rings is 2. The molecule has 29 heavy (non-hydrogen) atoms. The van der Waals surface area contributed by atoms with Crippen LogP contribution >= 0.6 is 0 Å². The maximum Gasteiger partial charge on any atom is 0.295 e. The Balaban J connectivity index is 2.19. The molecule has 2 aromatic rings. The zero-order valence-corrected chi connectivity index (χ0v) is 16.6. The SMILES string of the molecule is COc1ccc(F)cc1/C(O)=C1\C(=O)C(=O)N(CCN(C)C)[C@H]1c1ccccc1. The number of ether oxygens (including phenoxy) is 1. The van der Waals surface area contributed by atoms with Crippen LogP contribution in [0.5, 0.6) is 5.75 Å². The number of carbonyl (C=O) groups excluding carboxylic acids is 2. The molecule has 0 unspecified atom stereocenters. The highest BCUT2D eigenvalue weighted by molar-refractivity contribution is 6.46. The van der Waals surface area contributed by atoms with Crippen LogP contribution in [-0.4, -0.2) is 60.9 Å². The molecule has 2 aromatic carbocycles. The molecule has 0 bridgehead atoms. The van der Waals surface area contributed by atoms with Gasteiger partial charge in [0.2, 0.25) is 0 Å². The van der Waals surface area contributed by atoms with Crippen molar-refractivity contribution in [3.05, 3.63) is 71.0 Å². The van der Waals surface area contributed by atoms with E-state index in [-0.39, 0.29) is 16.9 Å². The van der Waals surface area contributed by atoms with E-state index in [1.54, 1.807) is 24.3 Å². The molecule has 1 fully saturated rings. The summed E-state index contributed by atoms with van der Waals surface area (Å²) in [5, 5.41) is 11.0. The van der Waals surface area contributed by atoms with Gasteiger partial charge in [-0.2, -0.15) is 0 Å². The molecular weight excluding hydrogens is 375 g/mol. The standard InChI is InChI=1S/C22H23FN2O4/c1-24(2)11-12-25-19(14-7-5-4-6-8-14)18(21(27)22(25)28)20(26)16-13-15(23)9-10-17(16)29-3/h4-10,13,19,26H,11-12H2,1-3H3/b20-18+/t19-/m0/s1. The fourth-order valence-corrected chi connectivity index (χ4v) is 3.41. The second-order valence-electron chi connectivity index (χ2n) is 7.05. The molecule has 1 heterocycles. The van der Waals surface area contributed by atoms with Crippen molar-refractivity contribution in [2.75, 3.05) is 34.3 Å². The van der Waals surface area contributed by atoms with Crippen molar-refractivity contribution < 1.29 is 23.8 Å². The molecule has 0 saturated carbocycles. The first-order valence-electron chi connectivity index (χ1n) is 9.17. The van der Waals surface area contributed by atoms with Crippen LogP contribution in [0.2, 0.25) is 0 Å². The predicted molar refractivity (Wildman–Crippen MR) is 107 cm³/mol. The number of hydrogen-bond donors (Lipinski definition) is 1. The van der Waals surface area contributed by atoms with Gasteiger partial charge in [0.05, 0.1) is 24.3 Å². The van der Waals surface area contributed by atoms with Crippen LogP contribution in [0.25, 0.3) is 5.76 Å². The first kappa shape index (κ1) is 20.5. The molecule has 3 rings (SSSR count). The molecule has 152 valence electrons. The van der Waals surface area contributed by atoms with Crippen LogP contribution in [0.1, 0.15) is 17.2 Å². The van der Waals surface area contributed by atoms with Crippen LogP contribution in [0.4, 0.5) is 4.39 Å². The van der Waals surface area contributed by atoms with Crippen LogP contribution in [0.3, 0.4) is 0 Å². The number of aliphatic hydroxyl groups excluding tert-OH is 1. The second kappa shape index (κ2) is 8.45. The van der Waals surface area contributed by atoms with E-state index in [4.69, 9.17) is 4.74 Å². The van der Waals surface area contributed by atoms with Crippen molar-refractivity contribution in [2.24, 2.45) is 0 Å². The summed E-state index contributed by atoms with van der Waals surface area (Å²) < 4.78 is 19.1. The van der Waals surface area contributed by atoms with Crippen LogP contribution in [-0.2, 0) is 9.59 Å². The molecule has 1 atom stereocenters. The number of Topliss-reactive ketones (excluding diaryl/α,β-unsaturated/α-hetero) is 1. The van der Waals surface area contributed by atoms with E-state index in [9.17, 15) is 19.1 Å². The third-order valence-electron chi connectivity index (χ3n) is 4.86. The van der Waals surface area contributed by atoms with E-state index in [2.05, 4.69) is 0 Å². The van der Waals surface area contributed by atoms with Crippen LogP contribution in [0, 0.1) is 5.82 Å². The van der Waals surface area contributed by atoms with E-state index in [1.165, 1.54) is 24.1 Å². The summed E-state index contributed by atoms with van der Waals surface area (Å²) in [7, 11) is 5.12. The lowest BCUT2D eigenvalue weighted by Crippen LogP contribution is -2.35. The zero-order valence-electron chi connectivity index (χ0n) is 16.6. The van der Waals surface area contributed by atoms with Gasteiger partial charge in [-0.1, -0.05) is 30.3 Å². The van der Waals surface area contributed by atoms with E-state index < -0.39 is 29.3 Å². The molecule has 1 aliphatic heterocycles. The average Bonchev–Trinajstić information content (AvgIpc) is 2.97. The van der Waals surface area contributed by atoms with Gasteiger partial charge in [-0.3, -0.25) is 9.59 Å². The first-order valence-corrected chi connectivity index (χ1v) is 9.17. The van der Waals surface area contributed by atoms with Gasteiger partial charge in [-0.05, 0) is 37.9 Å². The van der Waals surface area contributed by atoms with E-state index in [0.717, 1.165) is 6.07 Å². The maximum absolute atomic E-state index is 13.9. The van der Waals surface area contributed by atoms with Crippen molar-refractivity contribution in [3.63, 3.8) is 0 Å². The number of likely N-dealkylation sites (N-methyl/N-ethyl adjacent to an activating group) is 1. The number of amides is 1. The third-order valence-corrected chi connectivity index (χ3v) is 4.86. The molecule has 1 saturated heterocycles. The highest BCUT2D eigenvalue weighted by atomic mass is 19.1. The summed E-state index contributed by atoms with van der Waals surface area (Å²) in [6.07, 6.45) is 0. The molecule has 1 aliphatic rings. The lowest BCUT2D eigenvalue weighted by atomic mass is 9.95. The highest BCUT2D eigenvalue weighted by Crippen LogP contribution is 2.40. The topological polar surface area (TPSA) is 70.1 Å². The van der Waals surface area contributed by atoms with Gasteiger partial charge in [0.15, 0.2) is 0 Å². The predicted octanol–water partition coefficient (Wildman–Crippen LogP) is 2.82. The Morgan fingerprint density at radius 3 is 2.48 bits per heavy atom. The Morgan fingerprint density at radius 2 is 1.86 bits per heavy atom. The molecule has 0 spiro atoms. The minimum atomic E-state index is -0.804. The number of methoxy groups -OCH3 is 1. The zero-order chi connectivity index (χ0) is 21.1. The molecular formula is C22H23FN2O4. The quantitative estimate of drug-likeness (QED) is 0.460. The van der Waals surface area contributed by atoms with Crippen LogP contribution in [0.15, 0.2) is 54.1 Å². The van der Waals surface area contributed by atoms with Gasteiger partial charge in [0.1, 0.15) is 17.3 Å². The normalized spacial score (nSPS) is 18.5. The van der Waals surface area contributed by atoms with Crippen molar-refractivity contribution in [2.45, 2.75) is 6.04 Å². The Hall–Kier alpha value is -3.19. The number of halogens is 1. The number of carbonyl (C=O) groups is 2. The fraction of sp³-hybridized carbons (Fsp3) is 0.273. The second-order valence-corrected chi connectivity index (χ2v) is 7.05. The summed E-state index contributed by atoms with van der Waals surface area (Å²) in [5.41, 5.74) is 0.630. The molecule has 0 aliphatic carbocycles. The molecule has 0 aromatic heterocycles. The van der Waals surface area contributed by atoms with Gasteiger partial charge in [0, 0.05) is 13.1 Å². The molecule has 6 nitrogen and oxygen atoms in total. The lowest BCUT2D eigenvalue weighted by molar-refractivity contribution is -0.140.